The average molecular weight is 611 g/mol. The minimum atomic E-state index is -4.58. The fourth-order valence-electron chi connectivity index (χ4n) is 4.03. The van der Waals surface area contributed by atoms with E-state index in [0.717, 1.165) is 49.4 Å². The molecule has 1 atom stereocenters. The number of halogens is 5. The lowest BCUT2D eigenvalue weighted by Crippen LogP contribution is -2.38. The van der Waals surface area contributed by atoms with Crippen molar-refractivity contribution in [3.8, 4) is 5.88 Å². The lowest BCUT2D eigenvalue weighted by atomic mass is 9.97. The number of ether oxygens (including phenoxy) is 1. The van der Waals surface area contributed by atoms with E-state index in [0.29, 0.717) is 38.4 Å². The molecular weight excluding hydrogens is 582 g/mol. The molecule has 1 saturated carbocycles. The maximum absolute atomic E-state index is 14.3. The number of alkyl halides is 3. The normalized spacial score (nSPS) is 16.6. The number of likely N-dealkylation sites (tertiary alicyclic amines) is 1. The Hall–Kier alpha value is -2.81. The first kappa shape index (κ1) is 33.4. The fourth-order valence-corrected chi connectivity index (χ4v) is 4.24. The van der Waals surface area contributed by atoms with Gasteiger partial charge in [-0.1, -0.05) is 22.7 Å². The zero-order valence-electron chi connectivity index (χ0n) is 21.7. The number of rotatable bonds is 6. The smallest absolute Gasteiger partial charge is 0.418 e. The third kappa shape index (κ3) is 11.0. The van der Waals surface area contributed by atoms with Gasteiger partial charge in [0.05, 0.1) is 22.3 Å². The molecule has 1 aromatic heterocycles. The second-order valence-corrected chi connectivity index (χ2v) is 10.4. The molecule has 1 aromatic carbocycles. The molecule has 9 nitrogen and oxygen atoms in total. The fraction of sp³-hybridized carbons (Fsp3) is 0.480. The van der Waals surface area contributed by atoms with Crippen molar-refractivity contribution in [3.63, 3.8) is 0 Å². The van der Waals surface area contributed by atoms with E-state index in [1.165, 1.54) is 6.07 Å². The number of hydrogen-bond acceptors (Lipinski definition) is 7. The Kier molecular flexibility index (Phi) is 12.3. The summed E-state index contributed by atoms with van der Waals surface area (Å²) in [6, 6.07) is 3.79. The molecule has 2 heterocycles. The van der Waals surface area contributed by atoms with Crippen LogP contribution in [0.2, 0.25) is 5.02 Å². The van der Waals surface area contributed by atoms with Crippen LogP contribution in [0.15, 0.2) is 24.4 Å². The predicted molar refractivity (Wildman–Crippen MR) is 138 cm³/mol. The summed E-state index contributed by atoms with van der Waals surface area (Å²) in [4.78, 5) is 26.5. The maximum Gasteiger partial charge on any atom is 0.418 e. The van der Waals surface area contributed by atoms with Gasteiger partial charge in [-0.2, -0.15) is 13.2 Å². The number of carboxylic acids is 1. The van der Waals surface area contributed by atoms with Crippen LogP contribution in [0.25, 0.3) is 0 Å². The Morgan fingerprint density at radius 2 is 1.77 bits per heavy atom. The number of carboxylic acid groups (broad SMARTS) is 1. The molecule has 40 heavy (non-hydrogen) atoms. The van der Waals surface area contributed by atoms with Crippen molar-refractivity contribution in [2.24, 2.45) is 5.73 Å². The lowest BCUT2D eigenvalue weighted by molar-refractivity contribution is -0.138. The highest BCUT2D eigenvalue weighted by molar-refractivity contribution is 7.78. The van der Waals surface area contributed by atoms with Crippen molar-refractivity contribution < 1.29 is 45.8 Å². The maximum atomic E-state index is 14.3. The summed E-state index contributed by atoms with van der Waals surface area (Å²) < 4.78 is 77.1. The molecule has 1 aliphatic heterocycles. The number of hydrogen-bond donors (Lipinski definition) is 2. The SMILES string of the molecule is CC(=O)O.CS(=O)[O-].NC(=O)c1cc(C2CC2)c(CN2CCC(Oc3cc(C(F)(F)F)c(Cl)cn3)CC2)cc1F. The monoisotopic (exact) mass is 610 g/mol. The molecule has 222 valence electrons. The molecule has 0 radical (unpaired) electrons. The minimum Gasteiger partial charge on any atom is -0.773 e. The second-order valence-electron chi connectivity index (χ2n) is 9.18. The van der Waals surface area contributed by atoms with Crippen molar-refractivity contribution >= 4 is 34.6 Å². The molecule has 1 saturated heterocycles. The molecule has 2 aromatic rings. The minimum absolute atomic E-state index is 0.0866. The Morgan fingerprint density at radius 1 is 1.23 bits per heavy atom. The van der Waals surface area contributed by atoms with E-state index in [9.17, 15) is 22.4 Å². The first-order valence-corrected chi connectivity index (χ1v) is 13.9. The topological polar surface area (TPSA) is 146 Å². The van der Waals surface area contributed by atoms with Crippen LogP contribution < -0.4 is 10.5 Å². The summed E-state index contributed by atoms with van der Waals surface area (Å²) >= 11 is 3.74. The van der Waals surface area contributed by atoms with Crippen molar-refractivity contribution in [1.29, 1.82) is 0 Å². The number of aromatic nitrogens is 1. The summed E-state index contributed by atoms with van der Waals surface area (Å²) in [6.45, 7) is 2.87. The number of nitrogens with zero attached hydrogens (tertiary/aromatic N) is 2. The Labute approximate surface area is 235 Å². The van der Waals surface area contributed by atoms with Gasteiger partial charge < -0.3 is 20.1 Å². The Bertz CT molecular complexity index is 1200. The zero-order chi connectivity index (χ0) is 30.2. The van der Waals surface area contributed by atoms with E-state index in [-0.39, 0.29) is 17.5 Å². The molecule has 0 spiro atoms. The number of nitrogens with two attached hydrogens (primary N) is 1. The Morgan fingerprint density at radius 3 is 2.25 bits per heavy atom. The summed E-state index contributed by atoms with van der Waals surface area (Å²) in [6.07, 6.45) is 0.344. The van der Waals surface area contributed by atoms with Crippen molar-refractivity contribution in [2.75, 3.05) is 19.3 Å². The molecule has 3 N–H and O–H groups in total. The van der Waals surface area contributed by atoms with Gasteiger partial charge in [-0.15, -0.1) is 0 Å². The van der Waals surface area contributed by atoms with Gasteiger partial charge in [-0.05, 0) is 61.1 Å². The molecule has 1 unspecified atom stereocenters. The molecular formula is C25H29ClF4N3O6S-. The number of piperidine rings is 1. The number of carbonyl (C=O) groups excluding carboxylic acids is 1. The van der Waals surface area contributed by atoms with E-state index in [4.69, 9.17) is 40.7 Å². The highest BCUT2D eigenvalue weighted by Gasteiger charge is 2.34. The summed E-state index contributed by atoms with van der Waals surface area (Å²) in [7, 11) is 0. The first-order chi connectivity index (χ1) is 18.6. The van der Waals surface area contributed by atoms with Crippen LogP contribution in [0.4, 0.5) is 17.6 Å². The van der Waals surface area contributed by atoms with Crippen LogP contribution in [0.3, 0.4) is 0 Å². The van der Waals surface area contributed by atoms with Crippen LogP contribution >= 0.6 is 11.6 Å². The molecule has 1 amide bonds. The molecule has 2 fully saturated rings. The number of primary amides is 1. The summed E-state index contributed by atoms with van der Waals surface area (Å²) in [5, 5.41) is 6.95. The molecule has 2 aliphatic rings. The van der Waals surface area contributed by atoms with Crippen molar-refractivity contribution in [1.82, 2.24) is 9.88 Å². The molecule has 15 heteroatoms. The third-order valence-corrected chi connectivity index (χ3v) is 6.16. The van der Waals surface area contributed by atoms with Crippen molar-refractivity contribution in [3.05, 3.63) is 57.5 Å². The van der Waals surface area contributed by atoms with E-state index in [1.807, 2.05) is 0 Å². The van der Waals surface area contributed by atoms with Gasteiger partial charge in [-0.25, -0.2) is 9.37 Å². The number of amides is 1. The largest absolute Gasteiger partial charge is 0.773 e. The number of pyridine rings is 1. The van der Waals surface area contributed by atoms with Crippen LogP contribution in [-0.4, -0.2) is 61.1 Å². The zero-order valence-corrected chi connectivity index (χ0v) is 23.2. The highest BCUT2D eigenvalue weighted by atomic mass is 35.5. The Balaban J connectivity index is 0.000000621. The molecule has 4 rings (SSSR count). The van der Waals surface area contributed by atoms with Gasteiger partial charge >= 0.3 is 6.18 Å². The van der Waals surface area contributed by atoms with E-state index >= 15 is 0 Å². The van der Waals surface area contributed by atoms with Gasteiger partial charge in [0.25, 0.3) is 11.9 Å². The first-order valence-electron chi connectivity index (χ1n) is 12.0. The summed E-state index contributed by atoms with van der Waals surface area (Å²) in [5.74, 6) is -2.02. The number of aliphatic carboxylic acids is 1. The van der Waals surface area contributed by atoms with E-state index < -0.39 is 45.5 Å². The lowest BCUT2D eigenvalue weighted by Gasteiger charge is -2.32. The quantitative estimate of drug-likeness (QED) is 0.359. The number of benzene rings is 1. The van der Waals surface area contributed by atoms with Crippen LogP contribution in [0, 0.1) is 5.82 Å². The van der Waals surface area contributed by atoms with E-state index in [2.05, 4.69) is 9.88 Å². The molecule has 0 bridgehead atoms. The summed E-state index contributed by atoms with van der Waals surface area (Å²) in [5.41, 5.74) is 6.02. The van der Waals surface area contributed by atoms with Gasteiger partial charge in [0.2, 0.25) is 5.88 Å². The van der Waals surface area contributed by atoms with Gasteiger partial charge in [0.1, 0.15) is 11.9 Å². The van der Waals surface area contributed by atoms with Gasteiger partial charge in [-0.3, -0.25) is 18.7 Å². The van der Waals surface area contributed by atoms with Gasteiger partial charge in [0, 0.05) is 32.6 Å². The predicted octanol–water partition coefficient (Wildman–Crippen LogP) is 4.50. The van der Waals surface area contributed by atoms with Crippen LogP contribution in [-0.2, 0) is 28.6 Å². The highest BCUT2D eigenvalue weighted by Crippen LogP contribution is 2.43. The van der Waals surface area contributed by atoms with Crippen molar-refractivity contribution in [2.45, 2.75) is 57.3 Å². The van der Waals surface area contributed by atoms with Gasteiger partial charge in [0.15, 0.2) is 0 Å². The van der Waals surface area contributed by atoms with Crippen LogP contribution in [0.1, 0.15) is 65.6 Å². The standard InChI is InChI=1S/C22H22ClF4N3O2.C2H4O2.CH4O2S/c23-18-10-29-20(9-17(18)22(25,26)27)32-14-3-5-30(6-4-14)11-13-7-19(24)16(21(28)31)8-15(13)12-1-2-12;1-2(3)4;1-4(2)3/h7-10,12,14H,1-6,11H2,(H2,28,31);1H3,(H,3,4);1H3,(H,2,3)/p-1. The van der Waals surface area contributed by atoms with Crippen LogP contribution in [0.5, 0.6) is 5.88 Å². The third-order valence-electron chi connectivity index (χ3n) is 5.86. The number of carbonyl (C=O) groups is 2. The average Bonchev–Trinajstić information content (AvgIpc) is 3.65. The van der Waals surface area contributed by atoms with E-state index in [1.54, 1.807) is 6.07 Å². The molecule has 1 aliphatic carbocycles. The second kappa shape index (κ2) is 14.7.